The first kappa shape index (κ1) is 13.9. The number of hydrogen-bond donors (Lipinski definition) is 1. The molecule has 1 aliphatic heterocycles. The average Bonchev–Trinajstić information content (AvgIpc) is 2.46. The summed E-state index contributed by atoms with van der Waals surface area (Å²) in [6.07, 6.45) is 0.546. The highest BCUT2D eigenvalue weighted by molar-refractivity contribution is 5.47. The Bertz CT molecular complexity index is 637. The fourth-order valence-electron chi connectivity index (χ4n) is 2.55. The summed E-state index contributed by atoms with van der Waals surface area (Å²) in [6.45, 7) is 0.786. The van der Waals surface area contributed by atoms with Crippen LogP contribution in [0.5, 0.6) is 0 Å². The Morgan fingerprint density at radius 1 is 1.10 bits per heavy atom. The third-order valence-electron chi connectivity index (χ3n) is 3.56. The predicted molar refractivity (Wildman–Crippen MR) is 73.6 cm³/mol. The molecule has 1 aliphatic rings. The van der Waals surface area contributed by atoms with Crippen molar-refractivity contribution in [3.63, 3.8) is 0 Å². The second-order valence-corrected chi connectivity index (χ2v) is 4.93. The van der Waals surface area contributed by atoms with Gasteiger partial charge >= 0.3 is 0 Å². The highest BCUT2D eigenvalue weighted by Gasteiger charge is 2.21. The lowest BCUT2D eigenvalue weighted by atomic mass is 9.97. The van der Waals surface area contributed by atoms with E-state index in [2.05, 4.69) is 5.32 Å². The van der Waals surface area contributed by atoms with Gasteiger partial charge in [-0.25, -0.2) is 13.2 Å². The largest absolute Gasteiger partial charge is 0.377 e. The van der Waals surface area contributed by atoms with E-state index in [1.807, 2.05) is 24.3 Å². The number of nitrogens with one attached hydrogen (secondary N) is 1. The Kier molecular flexibility index (Phi) is 3.84. The summed E-state index contributed by atoms with van der Waals surface area (Å²) in [5.74, 6) is -2.83. The fraction of sp³-hybridized carbons (Fsp3) is 0.250. The third kappa shape index (κ3) is 2.88. The molecule has 0 radical (unpaired) electrons. The topological polar surface area (TPSA) is 21.3 Å². The van der Waals surface area contributed by atoms with Crippen molar-refractivity contribution in [2.75, 3.05) is 18.5 Å². The van der Waals surface area contributed by atoms with E-state index in [0.717, 1.165) is 12.0 Å². The molecule has 1 atom stereocenters. The van der Waals surface area contributed by atoms with E-state index in [1.165, 1.54) is 5.56 Å². The average molecular weight is 293 g/mol. The summed E-state index contributed by atoms with van der Waals surface area (Å²) in [5.41, 5.74) is 1.86. The molecule has 0 aromatic heterocycles. The van der Waals surface area contributed by atoms with Crippen molar-refractivity contribution in [1.82, 2.24) is 0 Å². The van der Waals surface area contributed by atoms with Crippen LogP contribution in [0.25, 0.3) is 0 Å². The molecule has 5 heteroatoms. The second kappa shape index (κ2) is 5.77. The number of halogens is 3. The van der Waals surface area contributed by atoms with Crippen LogP contribution < -0.4 is 5.32 Å². The fourth-order valence-corrected chi connectivity index (χ4v) is 2.55. The Morgan fingerprint density at radius 3 is 2.57 bits per heavy atom. The molecule has 0 spiro atoms. The van der Waals surface area contributed by atoms with Crippen LogP contribution in [0.4, 0.5) is 18.9 Å². The van der Waals surface area contributed by atoms with Gasteiger partial charge in [0, 0.05) is 18.7 Å². The molecule has 2 nitrogen and oxygen atoms in total. The van der Waals surface area contributed by atoms with Crippen molar-refractivity contribution < 1.29 is 17.9 Å². The van der Waals surface area contributed by atoms with E-state index in [-0.39, 0.29) is 18.3 Å². The minimum absolute atomic E-state index is 0.219. The van der Waals surface area contributed by atoms with Gasteiger partial charge in [0.05, 0.1) is 12.7 Å². The van der Waals surface area contributed by atoms with Crippen molar-refractivity contribution in [3.8, 4) is 0 Å². The lowest BCUT2D eigenvalue weighted by Gasteiger charge is -2.26. The predicted octanol–water partition coefficient (Wildman–Crippen LogP) is 3.83. The number of ether oxygens (including phenoxy) is 1. The van der Waals surface area contributed by atoms with Crippen molar-refractivity contribution in [2.24, 2.45) is 0 Å². The summed E-state index contributed by atoms with van der Waals surface area (Å²) < 4.78 is 45.7. The van der Waals surface area contributed by atoms with Gasteiger partial charge < -0.3 is 10.1 Å². The highest BCUT2D eigenvalue weighted by Crippen LogP contribution is 2.28. The lowest BCUT2D eigenvalue weighted by molar-refractivity contribution is 0.0512. The van der Waals surface area contributed by atoms with Crippen LogP contribution in [-0.2, 0) is 11.2 Å². The number of benzene rings is 2. The molecular formula is C16H14F3NO. The summed E-state index contributed by atoms with van der Waals surface area (Å²) in [6, 6.07) is 9.12. The molecule has 2 aromatic rings. The van der Waals surface area contributed by atoms with Gasteiger partial charge in [-0.15, -0.1) is 0 Å². The van der Waals surface area contributed by atoms with Gasteiger partial charge in [0.25, 0.3) is 0 Å². The van der Waals surface area contributed by atoms with E-state index in [0.29, 0.717) is 18.7 Å². The summed E-state index contributed by atoms with van der Waals surface area (Å²) in [4.78, 5) is 0. The van der Waals surface area contributed by atoms with E-state index in [4.69, 9.17) is 4.74 Å². The Morgan fingerprint density at radius 2 is 1.81 bits per heavy atom. The first-order chi connectivity index (χ1) is 10.1. The second-order valence-electron chi connectivity index (χ2n) is 4.93. The number of rotatable bonds is 3. The maximum absolute atomic E-state index is 13.6. The Hall–Kier alpha value is -2.01. The minimum atomic E-state index is -0.948. The summed E-state index contributed by atoms with van der Waals surface area (Å²) in [5, 5.41) is 2.68. The van der Waals surface area contributed by atoms with Crippen LogP contribution in [0, 0.1) is 17.5 Å². The molecule has 0 saturated heterocycles. The molecular weight excluding hydrogens is 279 g/mol. The zero-order chi connectivity index (χ0) is 14.8. The van der Waals surface area contributed by atoms with Gasteiger partial charge in [-0.1, -0.05) is 24.3 Å². The van der Waals surface area contributed by atoms with Crippen LogP contribution in [0.2, 0.25) is 0 Å². The van der Waals surface area contributed by atoms with Crippen LogP contribution in [0.15, 0.2) is 36.4 Å². The van der Waals surface area contributed by atoms with Crippen molar-refractivity contribution in [2.45, 2.75) is 12.5 Å². The van der Waals surface area contributed by atoms with Gasteiger partial charge in [0.2, 0.25) is 0 Å². The van der Waals surface area contributed by atoms with Gasteiger partial charge in [0.15, 0.2) is 11.6 Å². The van der Waals surface area contributed by atoms with Crippen molar-refractivity contribution in [1.29, 1.82) is 0 Å². The Labute approximate surface area is 120 Å². The van der Waals surface area contributed by atoms with E-state index >= 15 is 0 Å². The van der Waals surface area contributed by atoms with E-state index in [1.54, 1.807) is 0 Å². The zero-order valence-corrected chi connectivity index (χ0v) is 11.2. The highest BCUT2D eigenvalue weighted by atomic mass is 19.1. The monoisotopic (exact) mass is 293 g/mol. The molecule has 0 amide bonds. The molecule has 1 heterocycles. The molecule has 110 valence electrons. The van der Waals surface area contributed by atoms with Gasteiger partial charge in [0.1, 0.15) is 11.5 Å². The zero-order valence-electron chi connectivity index (χ0n) is 11.2. The molecule has 21 heavy (non-hydrogen) atoms. The normalized spacial score (nSPS) is 17.4. The van der Waals surface area contributed by atoms with Crippen LogP contribution in [-0.4, -0.2) is 13.2 Å². The molecule has 0 aliphatic carbocycles. The summed E-state index contributed by atoms with van der Waals surface area (Å²) >= 11 is 0. The molecule has 2 aromatic carbocycles. The maximum Gasteiger partial charge on any atom is 0.152 e. The third-order valence-corrected chi connectivity index (χ3v) is 3.56. The molecule has 1 unspecified atom stereocenters. The molecule has 3 rings (SSSR count). The molecule has 0 saturated carbocycles. The van der Waals surface area contributed by atoms with Crippen LogP contribution >= 0.6 is 0 Å². The van der Waals surface area contributed by atoms with Crippen molar-refractivity contribution in [3.05, 3.63) is 65.0 Å². The van der Waals surface area contributed by atoms with Gasteiger partial charge in [-0.2, -0.15) is 0 Å². The standard InChI is InChI=1S/C16H14F3NO/c17-11-7-13(18)16(14(19)8-11)20-9-15-12-4-2-1-3-10(12)5-6-21-15/h1-4,7-8,15,20H,5-6,9H2. The quantitative estimate of drug-likeness (QED) is 0.928. The number of hydrogen-bond acceptors (Lipinski definition) is 2. The first-order valence-corrected chi connectivity index (χ1v) is 6.73. The van der Waals surface area contributed by atoms with E-state index < -0.39 is 17.5 Å². The van der Waals surface area contributed by atoms with Crippen LogP contribution in [0.3, 0.4) is 0 Å². The SMILES string of the molecule is Fc1cc(F)c(NCC2OCCc3ccccc32)c(F)c1. The Balaban J connectivity index is 1.78. The van der Waals surface area contributed by atoms with Crippen LogP contribution in [0.1, 0.15) is 17.2 Å². The molecule has 1 N–H and O–H groups in total. The minimum Gasteiger partial charge on any atom is -0.377 e. The van der Waals surface area contributed by atoms with Gasteiger partial charge in [-0.05, 0) is 17.5 Å². The van der Waals surface area contributed by atoms with Crippen molar-refractivity contribution >= 4 is 5.69 Å². The summed E-state index contributed by atoms with van der Waals surface area (Å²) in [7, 11) is 0. The smallest absolute Gasteiger partial charge is 0.152 e. The first-order valence-electron chi connectivity index (χ1n) is 6.73. The maximum atomic E-state index is 13.6. The number of fused-ring (bicyclic) bond motifs is 1. The molecule has 0 fully saturated rings. The lowest BCUT2D eigenvalue weighted by Crippen LogP contribution is -2.23. The number of anilines is 1. The van der Waals surface area contributed by atoms with Gasteiger partial charge in [-0.3, -0.25) is 0 Å². The molecule has 0 bridgehead atoms. The van der Waals surface area contributed by atoms with E-state index in [9.17, 15) is 13.2 Å².